The SMILES string of the molecule is C=CCn1c(-c2cccnc2)nn(CN(C)Cc2cc(Cl)cc(Cl)c2)c1=S. The second kappa shape index (κ2) is 8.80. The molecule has 0 unspecified atom stereocenters. The molecule has 0 amide bonds. The van der Waals surface area contributed by atoms with Gasteiger partial charge in [-0.3, -0.25) is 14.5 Å². The third-order valence-corrected chi connectivity index (χ3v) is 4.77. The van der Waals surface area contributed by atoms with Crippen molar-refractivity contribution in [1.82, 2.24) is 24.2 Å². The fraction of sp³-hybridized carbons (Fsp3) is 0.211. The van der Waals surface area contributed by atoms with Gasteiger partial charge < -0.3 is 0 Å². The van der Waals surface area contributed by atoms with Crippen LogP contribution in [0, 0.1) is 4.77 Å². The van der Waals surface area contributed by atoms with Gasteiger partial charge >= 0.3 is 0 Å². The standard InChI is InChI=1S/C19H19Cl2N5S/c1-3-7-25-18(15-5-4-6-22-11-15)23-26(19(25)27)13-24(2)12-14-8-16(20)10-17(21)9-14/h3-6,8-11H,1,7,12-13H2,2H3. The molecular weight excluding hydrogens is 401 g/mol. The third kappa shape index (κ3) is 4.84. The molecule has 5 nitrogen and oxygen atoms in total. The minimum atomic E-state index is 0.528. The highest BCUT2D eigenvalue weighted by Crippen LogP contribution is 2.21. The molecule has 0 aliphatic rings. The number of hydrogen-bond acceptors (Lipinski definition) is 4. The van der Waals surface area contributed by atoms with Crippen molar-refractivity contribution >= 4 is 35.4 Å². The molecule has 0 saturated heterocycles. The summed E-state index contributed by atoms with van der Waals surface area (Å²) in [5.41, 5.74) is 1.94. The lowest BCUT2D eigenvalue weighted by atomic mass is 10.2. The Hall–Kier alpha value is -1.99. The van der Waals surface area contributed by atoms with Crippen LogP contribution < -0.4 is 0 Å². The van der Waals surface area contributed by atoms with Gasteiger partial charge in [-0.2, -0.15) is 5.10 Å². The summed E-state index contributed by atoms with van der Waals surface area (Å²) in [5, 5.41) is 5.95. The van der Waals surface area contributed by atoms with E-state index in [1.165, 1.54) is 0 Å². The first-order chi connectivity index (χ1) is 13.0. The summed E-state index contributed by atoms with van der Waals surface area (Å²) in [5.74, 6) is 0.771. The van der Waals surface area contributed by atoms with Crippen LogP contribution in [0.2, 0.25) is 10.0 Å². The first kappa shape index (κ1) is 19.8. The van der Waals surface area contributed by atoms with Gasteiger partial charge in [0.15, 0.2) is 10.6 Å². The van der Waals surface area contributed by atoms with Gasteiger partial charge in [0.1, 0.15) is 0 Å². The van der Waals surface area contributed by atoms with Crippen molar-refractivity contribution in [2.45, 2.75) is 19.8 Å². The van der Waals surface area contributed by atoms with E-state index in [1.807, 2.05) is 35.9 Å². The number of halogens is 2. The van der Waals surface area contributed by atoms with Crippen LogP contribution in [0.3, 0.4) is 0 Å². The second-order valence-corrected chi connectivity index (χ2v) is 7.42. The molecule has 0 radical (unpaired) electrons. The molecule has 0 saturated carbocycles. The molecule has 0 N–H and O–H groups in total. The van der Waals surface area contributed by atoms with Crippen LogP contribution in [-0.2, 0) is 19.8 Å². The number of benzene rings is 1. The lowest BCUT2D eigenvalue weighted by Crippen LogP contribution is -2.22. The van der Waals surface area contributed by atoms with Gasteiger partial charge in [-0.15, -0.1) is 6.58 Å². The van der Waals surface area contributed by atoms with Crippen LogP contribution in [0.25, 0.3) is 11.4 Å². The zero-order valence-corrected chi connectivity index (χ0v) is 17.2. The topological polar surface area (TPSA) is 38.9 Å². The number of pyridine rings is 1. The van der Waals surface area contributed by atoms with Crippen LogP contribution in [0.4, 0.5) is 0 Å². The van der Waals surface area contributed by atoms with Crippen LogP contribution in [0.15, 0.2) is 55.4 Å². The predicted octanol–water partition coefficient (Wildman–Crippen LogP) is 5.06. The summed E-state index contributed by atoms with van der Waals surface area (Å²) in [7, 11) is 1.99. The predicted molar refractivity (Wildman–Crippen MR) is 112 cm³/mol. The van der Waals surface area contributed by atoms with Crippen LogP contribution in [0.5, 0.6) is 0 Å². The quantitative estimate of drug-likeness (QED) is 0.396. The average molecular weight is 420 g/mol. The molecule has 1 aromatic carbocycles. The van der Waals surface area contributed by atoms with E-state index in [2.05, 4.69) is 16.5 Å². The molecular formula is C19H19Cl2N5S. The Morgan fingerprint density at radius 1 is 1.26 bits per heavy atom. The fourth-order valence-electron chi connectivity index (χ4n) is 2.83. The minimum Gasteiger partial charge on any atom is -0.296 e. The van der Waals surface area contributed by atoms with E-state index in [-0.39, 0.29) is 0 Å². The summed E-state index contributed by atoms with van der Waals surface area (Å²) in [6, 6.07) is 9.37. The van der Waals surface area contributed by atoms with Gasteiger partial charge in [0.05, 0.1) is 6.67 Å². The highest BCUT2D eigenvalue weighted by atomic mass is 35.5. The molecule has 2 aromatic heterocycles. The van der Waals surface area contributed by atoms with Crippen molar-refractivity contribution in [3.63, 3.8) is 0 Å². The maximum atomic E-state index is 6.09. The van der Waals surface area contributed by atoms with E-state index in [1.54, 1.807) is 29.2 Å². The maximum Gasteiger partial charge on any atom is 0.199 e. The van der Waals surface area contributed by atoms with Crippen molar-refractivity contribution < 1.29 is 0 Å². The minimum absolute atomic E-state index is 0.528. The maximum absolute atomic E-state index is 6.09. The molecule has 0 atom stereocenters. The van der Waals surface area contributed by atoms with Gasteiger partial charge in [-0.05, 0) is 55.2 Å². The van der Waals surface area contributed by atoms with Gasteiger partial charge in [0.2, 0.25) is 0 Å². The Bertz CT molecular complexity index is 977. The molecule has 0 spiro atoms. The molecule has 140 valence electrons. The zero-order chi connectivity index (χ0) is 19.4. The number of hydrogen-bond donors (Lipinski definition) is 0. The van der Waals surface area contributed by atoms with Gasteiger partial charge in [0, 0.05) is 41.1 Å². The summed E-state index contributed by atoms with van der Waals surface area (Å²) >= 11 is 17.8. The monoisotopic (exact) mass is 419 g/mol. The Morgan fingerprint density at radius 3 is 2.63 bits per heavy atom. The van der Waals surface area contributed by atoms with Crippen molar-refractivity contribution in [3.05, 3.63) is 75.8 Å². The number of aromatic nitrogens is 4. The normalized spacial score (nSPS) is 11.1. The van der Waals surface area contributed by atoms with E-state index < -0.39 is 0 Å². The van der Waals surface area contributed by atoms with Crippen LogP contribution in [-0.4, -0.2) is 31.3 Å². The Labute approximate surface area is 173 Å². The van der Waals surface area contributed by atoms with Gasteiger partial charge in [-0.25, -0.2) is 4.68 Å². The molecule has 8 heteroatoms. The first-order valence-corrected chi connectivity index (χ1v) is 9.47. The number of rotatable bonds is 7. The average Bonchev–Trinajstić information content (AvgIpc) is 2.91. The Morgan fingerprint density at radius 2 is 2.00 bits per heavy atom. The first-order valence-electron chi connectivity index (χ1n) is 8.30. The summed E-state index contributed by atoms with van der Waals surface area (Å²) in [4.78, 5) is 6.27. The van der Waals surface area contributed by atoms with Crippen LogP contribution in [0.1, 0.15) is 5.56 Å². The molecule has 27 heavy (non-hydrogen) atoms. The van der Waals surface area contributed by atoms with E-state index in [0.717, 1.165) is 17.0 Å². The lowest BCUT2D eigenvalue weighted by Gasteiger charge is -2.16. The second-order valence-electron chi connectivity index (χ2n) is 6.18. The number of allylic oxidation sites excluding steroid dienone is 1. The third-order valence-electron chi connectivity index (χ3n) is 3.90. The molecule has 0 aliphatic heterocycles. The molecule has 2 heterocycles. The summed E-state index contributed by atoms with van der Waals surface area (Å²) in [6.45, 7) is 5.59. The Kier molecular flexibility index (Phi) is 6.44. The van der Waals surface area contributed by atoms with Gasteiger partial charge in [0.25, 0.3) is 0 Å². The zero-order valence-electron chi connectivity index (χ0n) is 14.8. The van der Waals surface area contributed by atoms with Crippen molar-refractivity contribution in [1.29, 1.82) is 0 Å². The van der Waals surface area contributed by atoms with Crippen molar-refractivity contribution in [2.24, 2.45) is 0 Å². The number of nitrogens with zero attached hydrogens (tertiary/aromatic N) is 5. The molecule has 0 fully saturated rings. The molecule has 3 aromatic rings. The fourth-order valence-corrected chi connectivity index (χ4v) is 3.66. The lowest BCUT2D eigenvalue weighted by molar-refractivity contribution is 0.244. The van der Waals surface area contributed by atoms with E-state index >= 15 is 0 Å². The summed E-state index contributed by atoms with van der Waals surface area (Å²) < 4.78 is 4.38. The van der Waals surface area contributed by atoms with Crippen molar-refractivity contribution in [2.75, 3.05) is 7.05 Å². The molecule has 0 aliphatic carbocycles. The highest BCUT2D eigenvalue weighted by Gasteiger charge is 2.13. The summed E-state index contributed by atoms with van der Waals surface area (Å²) in [6.07, 6.45) is 5.31. The highest BCUT2D eigenvalue weighted by molar-refractivity contribution is 7.71. The smallest absolute Gasteiger partial charge is 0.199 e. The molecule has 3 rings (SSSR count). The van der Waals surface area contributed by atoms with Crippen molar-refractivity contribution in [3.8, 4) is 11.4 Å². The van der Waals surface area contributed by atoms with Crippen LogP contribution >= 0.6 is 35.4 Å². The largest absolute Gasteiger partial charge is 0.296 e. The van der Waals surface area contributed by atoms with E-state index in [0.29, 0.717) is 34.6 Å². The Balaban J connectivity index is 1.86. The van der Waals surface area contributed by atoms with Gasteiger partial charge in [-0.1, -0.05) is 29.3 Å². The van der Waals surface area contributed by atoms with E-state index in [9.17, 15) is 0 Å². The van der Waals surface area contributed by atoms with E-state index in [4.69, 9.17) is 40.5 Å². The molecule has 0 bridgehead atoms.